The van der Waals surface area contributed by atoms with E-state index in [2.05, 4.69) is 5.32 Å². The zero-order valence-corrected chi connectivity index (χ0v) is 16.6. The fourth-order valence-electron chi connectivity index (χ4n) is 3.23. The summed E-state index contributed by atoms with van der Waals surface area (Å²) >= 11 is 0. The van der Waals surface area contributed by atoms with Gasteiger partial charge in [-0.1, -0.05) is 66.7 Å². The number of hydrogen-bond donors (Lipinski definition) is 1. The second-order valence-corrected chi connectivity index (χ2v) is 6.88. The highest BCUT2D eigenvalue weighted by molar-refractivity contribution is 5.77. The molecule has 0 unspecified atom stereocenters. The molecule has 6 heteroatoms. The molecule has 0 spiro atoms. The van der Waals surface area contributed by atoms with E-state index in [1.54, 1.807) is 12.1 Å². The van der Waals surface area contributed by atoms with Gasteiger partial charge in [-0.05, 0) is 23.6 Å². The molecule has 0 heterocycles. The second kappa shape index (κ2) is 10.8. The minimum Gasteiger partial charge on any atom is -0.493 e. The Morgan fingerprint density at radius 2 is 1.57 bits per heavy atom. The van der Waals surface area contributed by atoms with Crippen LogP contribution in [0, 0.1) is 10.1 Å². The largest absolute Gasteiger partial charge is 0.493 e. The van der Waals surface area contributed by atoms with Crippen LogP contribution in [0.3, 0.4) is 0 Å². The van der Waals surface area contributed by atoms with Gasteiger partial charge in [0.25, 0.3) is 5.69 Å². The van der Waals surface area contributed by atoms with Gasteiger partial charge in [0.15, 0.2) is 0 Å². The third-order valence-corrected chi connectivity index (χ3v) is 4.73. The van der Waals surface area contributed by atoms with Crippen molar-refractivity contribution in [3.05, 3.63) is 106 Å². The Morgan fingerprint density at radius 3 is 2.17 bits per heavy atom. The predicted molar refractivity (Wildman–Crippen MR) is 116 cm³/mol. The Bertz CT molecular complexity index is 922. The lowest BCUT2D eigenvalue weighted by Crippen LogP contribution is -2.27. The van der Waals surface area contributed by atoms with Crippen LogP contribution in [0.2, 0.25) is 0 Å². The van der Waals surface area contributed by atoms with Crippen molar-refractivity contribution < 1.29 is 14.5 Å². The topological polar surface area (TPSA) is 81.5 Å². The average Bonchev–Trinajstić information content (AvgIpc) is 2.78. The maximum absolute atomic E-state index is 12.5. The Morgan fingerprint density at radius 1 is 0.933 bits per heavy atom. The minimum atomic E-state index is -0.455. The van der Waals surface area contributed by atoms with Crippen LogP contribution < -0.4 is 10.1 Å². The first-order valence-corrected chi connectivity index (χ1v) is 9.87. The van der Waals surface area contributed by atoms with E-state index in [1.165, 1.54) is 12.1 Å². The molecule has 0 saturated heterocycles. The summed E-state index contributed by atoms with van der Waals surface area (Å²) in [5, 5.41) is 13.7. The standard InChI is InChI=1S/C24H24N2O4/c27-24(25-15-8-16-30-22-14-7-13-21(17-22)26(28)29)18-23(19-9-3-1-4-10-19)20-11-5-2-6-12-20/h1-7,9-14,17,23H,8,15-16,18H2,(H,25,27). The first-order chi connectivity index (χ1) is 14.6. The molecular weight excluding hydrogens is 380 g/mol. The fraction of sp³-hybridized carbons (Fsp3) is 0.208. The highest BCUT2D eigenvalue weighted by Crippen LogP contribution is 2.27. The van der Waals surface area contributed by atoms with Crippen molar-refractivity contribution in [3.63, 3.8) is 0 Å². The normalized spacial score (nSPS) is 10.6. The molecule has 0 aromatic heterocycles. The number of nitro benzene ring substituents is 1. The Balaban J connectivity index is 1.48. The molecule has 0 radical (unpaired) electrons. The Hall–Kier alpha value is -3.67. The molecule has 3 aromatic carbocycles. The van der Waals surface area contributed by atoms with Crippen LogP contribution in [0.15, 0.2) is 84.9 Å². The molecule has 154 valence electrons. The summed E-state index contributed by atoms with van der Waals surface area (Å²) in [5.41, 5.74) is 2.20. The van der Waals surface area contributed by atoms with Gasteiger partial charge < -0.3 is 10.1 Å². The number of amides is 1. The Labute approximate surface area is 175 Å². The summed E-state index contributed by atoms with van der Waals surface area (Å²) in [6.45, 7) is 0.840. The number of nitrogens with zero attached hydrogens (tertiary/aromatic N) is 1. The number of nitrogens with one attached hydrogen (secondary N) is 1. The van der Waals surface area contributed by atoms with Crippen LogP contribution in [0.1, 0.15) is 29.9 Å². The molecule has 30 heavy (non-hydrogen) atoms. The molecule has 0 saturated carbocycles. The van der Waals surface area contributed by atoms with Crippen molar-refractivity contribution in [2.45, 2.75) is 18.8 Å². The van der Waals surface area contributed by atoms with Gasteiger partial charge >= 0.3 is 0 Å². The smallest absolute Gasteiger partial charge is 0.273 e. The Kier molecular flexibility index (Phi) is 7.55. The molecule has 3 aromatic rings. The number of ether oxygens (including phenoxy) is 1. The minimum absolute atomic E-state index is 0.00586. The zero-order chi connectivity index (χ0) is 21.2. The van der Waals surface area contributed by atoms with Crippen LogP contribution in [-0.2, 0) is 4.79 Å². The van der Waals surface area contributed by atoms with Crippen molar-refractivity contribution >= 4 is 11.6 Å². The lowest BCUT2D eigenvalue weighted by Gasteiger charge is -2.18. The molecule has 1 N–H and O–H groups in total. The van der Waals surface area contributed by atoms with Crippen molar-refractivity contribution in [3.8, 4) is 5.75 Å². The predicted octanol–water partition coefficient (Wildman–Crippen LogP) is 4.70. The lowest BCUT2D eigenvalue weighted by atomic mass is 9.88. The molecular formula is C24H24N2O4. The van der Waals surface area contributed by atoms with E-state index in [9.17, 15) is 14.9 Å². The van der Waals surface area contributed by atoms with Gasteiger partial charge in [-0.15, -0.1) is 0 Å². The number of carbonyl (C=O) groups excluding carboxylic acids is 1. The van der Waals surface area contributed by atoms with Crippen LogP contribution >= 0.6 is 0 Å². The van der Waals surface area contributed by atoms with Gasteiger partial charge in [-0.2, -0.15) is 0 Å². The van der Waals surface area contributed by atoms with Crippen LogP contribution in [-0.4, -0.2) is 24.0 Å². The summed E-state index contributed by atoms with van der Waals surface area (Å²) in [6.07, 6.45) is 0.968. The van der Waals surface area contributed by atoms with Crippen molar-refractivity contribution in [1.82, 2.24) is 5.32 Å². The van der Waals surface area contributed by atoms with Crippen LogP contribution in [0.5, 0.6) is 5.75 Å². The summed E-state index contributed by atoms with van der Waals surface area (Å²) < 4.78 is 5.54. The van der Waals surface area contributed by atoms with E-state index in [1.807, 2.05) is 60.7 Å². The van der Waals surface area contributed by atoms with E-state index in [-0.39, 0.29) is 17.5 Å². The summed E-state index contributed by atoms with van der Waals surface area (Å²) in [4.78, 5) is 22.9. The lowest BCUT2D eigenvalue weighted by molar-refractivity contribution is -0.384. The van der Waals surface area contributed by atoms with Crippen molar-refractivity contribution in [2.24, 2.45) is 0 Å². The molecule has 3 rings (SSSR count). The van der Waals surface area contributed by atoms with E-state index in [0.717, 1.165) is 11.1 Å². The fourth-order valence-corrected chi connectivity index (χ4v) is 3.23. The number of hydrogen-bond acceptors (Lipinski definition) is 4. The summed E-state index contributed by atoms with van der Waals surface area (Å²) in [6, 6.07) is 26.1. The molecule has 0 aliphatic heterocycles. The SMILES string of the molecule is O=C(CC(c1ccccc1)c1ccccc1)NCCCOc1cccc([N+](=O)[O-])c1. The van der Waals surface area contributed by atoms with Gasteiger partial charge in [-0.3, -0.25) is 14.9 Å². The number of nitro groups is 1. The highest BCUT2D eigenvalue weighted by Gasteiger charge is 2.17. The van der Waals surface area contributed by atoms with Gasteiger partial charge in [-0.25, -0.2) is 0 Å². The van der Waals surface area contributed by atoms with E-state index in [0.29, 0.717) is 31.7 Å². The maximum Gasteiger partial charge on any atom is 0.273 e. The molecule has 0 aliphatic carbocycles. The third-order valence-electron chi connectivity index (χ3n) is 4.73. The molecule has 0 fully saturated rings. The first-order valence-electron chi connectivity index (χ1n) is 9.87. The van der Waals surface area contributed by atoms with E-state index in [4.69, 9.17) is 4.74 Å². The van der Waals surface area contributed by atoms with Crippen LogP contribution in [0.25, 0.3) is 0 Å². The summed E-state index contributed by atoms with van der Waals surface area (Å²) in [7, 11) is 0. The van der Waals surface area contributed by atoms with E-state index >= 15 is 0 Å². The maximum atomic E-state index is 12.5. The zero-order valence-electron chi connectivity index (χ0n) is 16.6. The van der Waals surface area contributed by atoms with Crippen molar-refractivity contribution in [2.75, 3.05) is 13.2 Å². The summed E-state index contributed by atoms with van der Waals surface area (Å²) in [5.74, 6) is 0.417. The molecule has 1 amide bonds. The first kappa shape index (κ1) is 21.0. The number of benzene rings is 3. The van der Waals surface area contributed by atoms with Gasteiger partial charge in [0.05, 0.1) is 17.6 Å². The number of non-ortho nitro benzene ring substituents is 1. The van der Waals surface area contributed by atoms with Gasteiger partial charge in [0.2, 0.25) is 5.91 Å². The molecule has 0 bridgehead atoms. The molecule has 0 aliphatic rings. The number of rotatable bonds is 10. The van der Waals surface area contributed by atoms with Crippen LogP contribution in [0.4, 0.5) is 5.69 Å². The average molecular weight is 404 g/mol. The van der Waals surface area contributed by atoms with Crippen molar-refractivity contribution in [1.29, 1.82) is 0 Å². The monoisotopic (exact) mass is 404 g/mol. The molecule has 0 atom stereocenters. The third kappa shape index (κ3) is 6.17. The molecule has 6 nitrogen and oxygen atoms in total. The van der Waals surface area contributed by atoms with Gasteiger partial charge in [0, 0.05) is 24.9 Å². The highest BCUT2D eigenvalue weighted by atomic mass is 16.6. The second-order valence-electron chi connectivity index (χ2n) is 6.88. The van der Waals surface area contributed by atoms with E-state index < -0.39 is 4.92 Å². The number of carbonyl (C=O) groups is 1. The quantitative estimate of drug-likeness (QED) is 0.302. The van der Waals surface area contributed by atoms with Gasteiger partial charge in [0.1, 0.15) is 5.75 Å².